The van der Waals surface area contributed by atoms with Crippen LogP contribution in [0.2, 0.25) is 0 Å². The SMILES string of the molecule is C=CCC1=C/C(=C\c2c(N)n3nc(-c4cccnc4)sc3nc2=O)C=C(OC)C1=O. The largest absolute Gasteiger partial charge is 0.493 e. The van der Waals surface area contributed by atoms with Crippen molar-refractivity contribution < 1.29 is 9.53 Å². The van der Waals surface area contributed by atoms with Crippen LogP contribution in [-0.2, 0) is 9.53 Å². The number of Topliss-reactive ketones (excluding diaryl/α,β-unsaturated/α-hetero) is 1. The van der Waals surface area contributed by atoms with Gasteiger partial charge in [0.25, 0.3) is 5.56 Å². The van der Waals surface area contributed by atoms with Gasteiger partial charge in [-0.05, 0) is 42.4 Å². The lowest BCUT2D eigenvalue weighted by atomic mass is 9.95. The number of carbonyl (C=O) groups excluding carboxylic acids is 1. The van der Waals surface area contributed by atoms with Gasteiger partial charge in [-0.2, -0.15) is 14.6 Å². The molecule has 30 heavy (non-hydrogen) atoms. The van der Waals surface area contributed by atoms with Crippen LogP contribution in [0.15, 0.2) is 71.0 Å². The highest BCUT2D eigenvalue weighted by molar-refractivity contribution is 7.19. The third-order valence-electron chi connectivity index (χ3n) is 4.45. The fourth-order valence-corrected chi connectivity index (χ4v) is 3.90. The van der Waals surface area contributed by atoms with Crippen LogP contribution in [0, 0.1) is 0 Å². The smallest absolute Gasteiger partial charge is 0.283 e. The van der Waals surface area contributed by atoms with E-state index in [2.05, 4.69) is 21.6 Å². The molecule has 0 radical (unpaired) electrons. The molecular weight excluding hydrogens is 402 g/mol. The summed E-state index contributed by atoms with van der Waals surface area (Å²) in [7, 11) is 1.42. The Balaban J connectivity index is 1.85. The van der Waals surface area contributed by atoms with Gasteiger partial charge < -0.3 is 10.5 Å². The number of hydrogen-bond donors (Lipinski definition) is 1. The van der Waals surface area contributed by atoms with Crippen molar-refractivity contribution in [3.05, 3.63) is 82.2 Å². The molecule has 0 aromatic carbocycles. The molecule has 0 atom stereocenters. The molecule has 9 heteroatoms. The lowest BCUT2D eigenvalue weighted by Gasteiger charge is -2.14. The number of ether oxygens (including phenoxy) is 1. The Hall–Kier alpha value is -3.85. The second-order valence-electron chi connectivity index (χ2n) is 6.41. The zero-order valence-electron chi connectivity index (χ0n) is 16.0. The van der Waals surface area contributed by atoms with Gasteiger partial charge in [0.2, 0.25) is 10.7 Å². The van der Waals surface area contributed by atoms with Gasteiger partial charge in [-0.1, -0.05) is 17.4 Å². The molecule has 0 aliphatic heterocycles. The molecule has 0 saturated heterocycles. The summed E-state index contributed by atoms with van der Waals surface area (Å²) in [6, 6.07) is 3.67. The van der Waals surface area contributed by atoms with Crippen molar-refractivity contribution in [1.29, 1.82) is 0 Å². The molecule has 0 unspecified atom stereocenters. The van der Waals surface area contributed by atoms with Crippen molar-refractivity contribution in [2.45, 2.75) is 6.42 Å². The number of nitrogens with zero attached hydrogens (tertiary/aromatic N) is 4. The molecule has 3 heterocycles. The fraction of sp³-hybridized carbons (Fsp3) is 0.0952. The molecule has 0 amide bonds. The number of hydrogen-bond acceptors (Lipinski definition) is 8. The minimum atomic E-state index is -0.482. The Morgan fingerprint density at radius 1 is 1.33 bits per heavy atom. The number of fused-ring (bicyclic) bond motifs is 1. The number of anilines is 1. The number of rotatable bonds is 5. The highest BCUT2D eigenvalue weighted by Crippen LogP contribution is 2.27. The lowest BCUT2D eigenvalue weighted by Crippen LogP contribution is -2.17. The molecule has 0 spiro atoms. The van der Waals surface area contributed by atoms with Crippen molar-refractivity contribution in [3.8, 4) is 10.6 Å². The lowest BCUT2D eigenvalue weighted by molar-refractivity contribution is -0.115. The first-order valence-corrected chi connectivity index (χ1v) is 9.76. The van der Waals surface area contributed by atoms with Gasteiger partial charge in [-0.25, -0.2) is 0 Å². The van der Waals surface area contributed by atoms with Gasteiger partial charge in [0, 0.05) is 23.5 Å². The maximum atomic E-state index is 12.7. The van der Waals surface area contributed by atoms with Gasteiger partial charge in [-0.15, -0.1) is 6.58 Å². The molecule has 1 aliphatic rings. The van der Waals surface area contributed by atoms with E-state index in [1.165, 1.54) is 23.0 Å². The Morgan fingerprint density at radius 2 is 2.17 bits per heavy atom. The van der Waals surface area contributed by atoms with Gasteiger partial charge in [0.05, 0.1) is 12.7 Å². The van der Waals surface area contributed by atoms with Crippen LogP contribution in [0.5, 0.6) is 0 Å². The topological polar surface area (TPSA) is 112 Å². The number of allylic oxidation sites excluding steroid dienone is 5. The highest BCUT2D eigenvalue weighted by Gasteiger charge is 2.21. The minimum absolute atomic E-state index is 0.159. The van der Waals surface area contributed by atoms with Crippen molar-refractivity contribution in [1.82, 2.24) is 19.6 Å². The molecule has 4 rings (SSSR count). The van der Waals surface area contributed by atoms with E-state index >= 15 is 0 Å². The van der Waals surface area contributed by atoms with E-state index < -0.39 is 5.56 Å². The van der Waals surface area contributed by atoms with E-state index in [1.54, 1.807) is 42.8 Å². The second kappa shape index (κ2) is 7.88. The second-order valence-corrected chi connectivity index (χ2v) is 7.36. The number of aromatic nitrogens is 4. The molecule has 8 nitrogen and oxygen atoms in total. The summed E-state index contributed by atoms with van der Waals surface area (Å²) in [5.74, 6) is 0.126. The summed E-state index contributed by atoms with van der Waals surface area (Å²) in [5, 5.41) is 5.12. The molecule has 0 fully saturated rings. The average Bonchev–Trinajstić information content (AvgIpc) is 3.18. The Morgan fingerprint density at radius 3 is 2.87 bits per heavy atom. The third kappa shape index (κ3) is 3.46. The summed E-state index contributed by atoms with van der Waals surface area (Å²) in [4.78, 5) is 33.6. The van der Waals surface area contributed by atoms with E-state index in [9.17, 15) is 9.59 Å². The summed E-state index contributed by atoms with van der Waals surface area (Å²) >= 11 is 1.25. The minimum Gasteiger partial charge on any atom is -0.493 e. The van der Waals surface area contributed by atoms with Gasteiger partial charge in [-0.3, -0.25) is 14.6 Å². The maximum Gasteiger partial charge on any atom is 0.283 e. The van der Waals surface area contributed by atoms with Gasteiger partial charge in [0.15, 0.2) is 5.76 Å². The summed E-state index contributed by atoms with van der Waals surface area (Å²) in [6.45, 7) is 3.67. The molecule has 150 valence electrons. The van der Waals surface area contributed by atoms with Crippen molar-refractivity contribution in [2.24, 2.45) is 0 Å². The number of pyridine rings is 1. The first-order chi connectivity index (χ1) is 14.5. The van der Waals surface area contributed by atoms with Crippen molar-refractivity contribution in [3.63, 3.8) is 0 Å². The normalized spacial score (nSPS) is 15.2. The predicted octanol–water partition coefficient (Wildman–Crippen LogP) is 2.79. The first-order valence-electron chi connectivity index (χ1n) is 8.95. The van der Waals surface area contributed by atoms with E-state index in [1.807, 2.05) is 6.07 Å². The number of carbonyl (C=O) groups is 1. The van der Waals surface area contributed by atoms with Crippen LogP contribution in [-0.4, -0.2) is 32.5 Å². The van der Waals surface area contributed by atoms with E-state index in [0.717, 1.165) is 5.56 Å². The zero-order chi connectivity index (χ0) is 21.3. The first kappa shape index (κ1) is 19.5. The average molecular weight is 419 g/mol. The molecule has 1 aliphatic carbocycles. The Kier molecular flexibility index (Phi) is 5.11. The number of nitrogens with two attached hydrogens (primary N) is 1. The van der Waals surface area contributed by atoms with Gasteiger partial charge in [0.1, 0.15) is 10.8 Å². The van der Waals surface area contributed by atoms with Crippen LogP contribution in [0.4, 0.5) is 5.82 Å². The van der Waals surface area contributed by atoms with Crippen LogP contribution >= 0.6 is 11.3 Å². The van der Waals surface area contributed by atoms with E-state index in [-0.39, 0.29) is 22.9 Å². The van der Waals surface area contributed by atoms with E-state index in [0.29, 0.717) is 27.5 Å². The number of nitrogen functional groups attached to an aromatic ring is 1. The molecular formula is C21H17N5O3S. The van der Waals surface area contributed by atoms with Crippen LogP contribution < -0.4 is 11.3 Å². The molecule has 0 saturated carbocycles. The zero-order valence-corrected chi connectivity index (χ0v) is 16.8. The van der Waals surface area contributed by atoms with Crippen LogP contribution in [0.25, 0.3) is 21.6 Å². The Bertz CT molecular complexity index is 1320. The van der Waals surface area contributed by atoms with Crippen molar-refractivity contribution in [2.75, 3.05) is 12.8 Å². The summed E-state index contributed by atoms with van der Waals surface area (Å²) in [6.07, 6.45) is 10.2. The predicted molar refractivity (Wildman–Crippen MR) is 116 cm³/mol. The highest BCUT2D eigenvalue weighted by atomic mass is 32.1. The standard InChI is InChI=1S/C21H17N5O3S/c1-3-5-13-8-12(10-16(29-2)17(13)27)9-15-18(22)26-21(24-19(15)28)30-20(25-26)14-6-4-7-23-11-14/h3-4,6-11H,1,5,22H2,2H3/b12-9+. The number of ketones is 1. The monoisotopic (exact) mass is 419 g/mol. The molecule has 2 N–H and O–H groups in total. The fourth-order valence-electron chi connectivity index (χ4n) is 3.02. The van der Waals surface area contributed by atoms with Crippen molar-refractivity contribution >= 4 is 34.0 Å². The summed E-state index contributed by atoms with van der Waals surface area (Å²) in [5.41, 5.74) is 7.87. The molecule has 3 aromatic rings. The van der Waals surface area contributed by atoms with E-state index in [4.69, 9.17) is 10.5 Å². The van der Waals surface area contributed by atoms with Crippen LogP contribution in [0.3, 0.4) is 0 Å². The quantitative estimate of drug-likeness (QED) is 0.633. The maximum absolute atomic E-state index is 12.7. The third-order valence-corrected chi connectivity index (χ3v) is 5.41. The molecule has 3 aromatic heterocycles. The van der Waals surface area contributed by atoms with Crippen LogP contribution in [0.1, 0.15) is 12.0 Å². The summed E-state index contributed by atoms with van der Waals surface area (Å²) < 4.78 is 6.61. The Labute approximate surface area is 175 Å². The molecule has 0 bridgehead atoms. The van der Waals surface area contributed by atoms with Gasteiger partial charge >= 0.3 is 0 Å². The number of methoxy groups -OCH3 is 1.